The van der Waals surface area contributed by atoms with E-state index >= 15 is 0 Å². The van der Waals surface area contributed by atoms with E-state index in [1.807, 2.05) is 18.2 Å². The van der Waals surface area contributed by atoms with Crippen LogP contribution in [0.25, 0.3) is 0 Å². The lowest BCUT2D eigenvalue weighted by molar-refractivity contribution is 0.0389. The van der Waals surface area contributed by atoms with Gasteiger partial charge in [-0.15, -0.1) is 0 Å². The summed E-state index contributed by atoms with van der Waals surface area (Å²) in [7, 11) is 0. The SMILES string of the molecule is OCC(CO)(CC1CCCO1)c1ccccc1Cl. The molecule has 1 aliphatic heterocycles. The van der Waals surface area contributed by atoms with Gasteiger partial charge in [-0.1, -0.05) is 29.8 Å². The lowest BCUT2D eigenvalue weighted by Crippen LogP contribution is -2.38. The number of halogens is 1. The molecule has 100 valence electrons. The van der Waals surface area contributed by atoms with E-state index in [1.165, 1.54) is 0 Å². The number of hydrogen-bond donors (Lipinski definition) is 2. The Kier molecular flexibility index (Phi) is 4.62. The molecule has 0 aliphatic carbocycles. The molecule has 1 saturated heterocycles. The Morgan fingerprint density at radius 3 is 2.56 bits per heavy atom. The fourth-order valence-corrected chi connectivity index (χ4v) is 2.93. The van der Waals surface area contributed by atoms with Gasteiger partial charge in [0.15, 0.2) is 0 Å². The maximum atomic E-state index is 9.74. The molecule has 1 unspecified atom stereocenters. The van der Waals surface area contributed by atoms with Gasteiger partial charge < -0.3 is 14.9 Å². The van der Waals surface area contributed by atoms with Crippen molar-refractivity contribution in [1.82, 2.24) is 0 Å². The van der Waals surface area contributed by atoms with Crippen LogP contribution in [0.1, 0.15) is 24.8 Å². The summed E-state index contributed by atoms with van der Waals surface area (Å²) in [5.74, 6) is 0. The molecule has 2 rings (SSSR count). The molecule has 1 aromatic carbocycles. The van der Waals surface area contributed by atoms with Crippen molar-refractivity contribution < 1.29 is 14.9 Å². The highest BCUT2D eigenvalue weighted by Gasteiger charge is 2.36. The quantitative estimate of drug-likeness (QED) is 0.862. The standard InChI is InChI=1S/C14H19ClO3/c15-13-6-2-1-5-12(13)14(9-16,10-17)8-11-4-3-7-18-11/h1-2,5-6,11,16-17H,3-4,7-10H2. The molecule has 1 atom stereocenters. The molecule has 0 spiro atoms. The number of ether oxygens (including phenoxy) is 1. The molecule has 4 heteroatoms. The molecular formula is C14H19ClO3. The molecule has 1 aromatic rings. The van der Waals surface area contributed by atoms with Crippen LogP contribution in [0.4, 0.5) is 0 Å². The van der Waals surface area contributed by atoms with Gasteiger partial charge in [0.25, 0.3) is 0 Å². The summed E-state index contributed by atoms with van der Waals surface area (Å²) in [4.78, 5) is 0. The first-order valence-electron chi connectivity index (χ1n) is 6.30. The molecule has 1 aliphatic rings. The molecule has 0 radical (unpaired) electrons. The highest BCUT2D eigenvalue weighted by molar-refractivity contribution is 6.31. The van der Waals surface area contributed by atoms with Crippen molar-refractivity contribution in [2.75, 3.05) is 19.8 Å². The van der Waals surface area contributed by atoms with Crippen molar-refractivity contribution in [1.29, 1.82) is 0 Å². The summed E-state index contributed by atoms with van der Waals surface area (Å²) in [6.45, 7) is 0.500. The fourth-order valence-electron chi connectivity index (χ4n) is 2.59. The Labute approximate surface area is 112 Å². The molecule has 0 aromatic heterocycles. The number of aliphatic hydroxyl groups excluding tert-OH is 2. The van der Waals surface area contributed by atoms with Crippen molar-refractivity contribution in [2.24, 2.45) is 0 Å². The first-order valence-corrected chi connectivity index (χ1v) is 6.68. The molecule has 3 nitrogen and oxygen atoms in total. The third-order valence-electron chi connectivity index (χ3n) is 3.69. The van der Waals surface area contributed by atoms with Crippen molar-refractivity contribution in [3.63, 3.8) is 0 Å². The summed E-state index contributed by atoms with van der Waals surface area (Å²) in [5, 5.41) is 20.1. The molecule has 0 amide bonds. The Morgan fingerprint density at radius 1 is 1.28 bits per heavy atom. The zero-order chi connectivity index (χ0) is 13.0. The summed E-state index contributed by atoms with van der Waals surface area (Å²) in [6.07, 6.45) is 2.72. The predicted molar refractivity (Wildman–Crippen MR) is 70.9 cm³/mol. The van der Waals surface area contributed by atoms with E-state index in [2.05, 4.69) is 0 Å². The average molecular weight is 271 g/mol. The van der Waals surface area contributed by atoms with Crippen LogP contribution in [-0.4, -0.2) is 36.1 Å². The van der Waals surface area contributed by atoms with Gasteiger partial charge in [-0.2, -0.15) is 0 Å². The Morgan fingerprint density at radius 2 is 2.00 bits per heavy atom. The van der Waals surface area contributed by atoms with Crippen molar-refractivity contribution in [3.05, 3.63) is 34.9 Å². The highest BCUT2D eigenvalue weighted by atomic mass is 35.5. The molecule has 0 saturated carbocycles. The third kappa shape index (κ3) is 2.69. The van der Waals surface area contributed by atoms with Gasteiger partial charge in [0.1, 0.15) is 0 Å². The van der Waals surface area contributed by atoms with Crippen LogP contribution in [0.3, 0.4) is 0 Å². The van der Waals surface area contributed by atoms with Crippen molar-refractivity contribution in [3.8, 4) is 0 Å². The Balaban J connectivity index is 2.27. The third-order valence-corrected chi connectivity index (χ3v) is 4.02. The second-order valence-corrected chi connectivity index (χ2v) is 5.32. The molecule has 2 N–H and O–H groups in total. The van der Waals surface area contributed by atoms with Crippen LogP contribution in [0.15, 0.2) is 24.3 Å². The van der Waals surface area contributed by atoms with Gasteiger partial charge in [-0.3, -0.25) is 0 Å². The van der Waals surface area contributed by atoms with Gasteiger partial charge >= 0.3 is 0 Å². The zero-order valence-corrected chi connectivity index (χ0v) is 11.1. The first kappa shape index (κ1) is 13.8. The fraction of sp³-hybridized carbons (Fsp3) is 0.571. The minimum absolute atomic E-state index is 0.0978. The minimum atomic E-state index is -0.715. The summed E-state index contributed by atoms with van der Waals surface area (Å²) in [5.41, 5.74) is 0.0834. The van der Waals surface area contributed by atoms with Gasteiger partial charge in [-0.25, -0.2) is 0 Å². The van der Waals surface area contributed by atoms with E-state index < -0.39 is 5.41 Å². The van der Waals surface area contributed by atoms with E-state index in [0.29, 0.717) is 11.4 Å². The number of benzene rings is 1. The first-order chi connectivity index (χ1) is 8.72. The maximum Gasteiger partial charge on any atom is 0.0586 e. The second kappa shape index (κ2) is 6.02. The molecule has 1 fully saturated rings. The normalized spacial score (nSPS) is 20.3. The largest absolute Gasteiger partial charge is 0.395 e. The van der Waals surface area contributed by atoms with Crippen LogP contribution >= 0.6 is 11.6 Å². The minimum Gasteiger partial charge on any atom is -0.395 e. The number of aliphatic hydroxyl groups is 2. The van der Waals surface area contributed by atoms with Crippen LogP contribution in [0, 0.1) is 0 Å². The monoisotopic (exact) mass is 270 g/mol. The van der Waals surface area contributed by atoms with Crippen molar-refractivity contribution in [2.45, 2.75) is 30.8 Å². The van der Waals surface area contributed by atoms with Gasteiger partial charge in [-0.05, 0) is 30.9 Å². The maximum absolute atomic E-state index is 9.74. The van der Waals surface area contributed by atoms with E-state index in [0.717, 1.165) is 25.0 Å². The smallest absolute Gasteiger partial charge is 0.0586 e. The lowest BCUT2D eigenvalue weighted by Gasteiger charge is -2.33. The van der Waals surface area contributed by atoms with Gasteiger partial charge in [0.05, 0.1) is 19.3 Å². The predicted octanol–water partition coefficient (Wildman–Crippen LogP) is 2.13. The van der Waals surface area contributed by atoms with Crippen LogP contribution < -0.4 is 0 Å². The van der Waals surface area contributed by atoms with Gasteiger partial charge in [0.2, 0.25) is 0 Å². The average Bonchev–Trinajstić information content (AvgIpc) is 2.90. The van der Waals surface area contributed by atoms with E-state index in [1.54, 1.807) is 6.07 Å². The van der Waals surface area contributed by atoms with Crippen molar-refractivity contribution >= 4 is 11.6 Å². The van der Waals surface area contributed by atoms with Crippen LogP contribution in [0.5, 0.6) is 0 Å². The van der Waals surface area contributed by atoms with Gasteiger partial charge in [0, 0.05) is 17.0 Å². The summed E-state index contributed by atoms with van der Waals surface area (Å²) >= 11 is 6.19. The Hall–Kier alpha value is -0.610. The molecule has 18 heavy (non-hydrogen) atoms. The van der Waals surface area contributed by atoms with E-state index in [-0.39, 0.29) is 19.3 Å². The van der Waals surface area contributed by atoms with E-state index in [4.69, 9.17) is 16.3 Å². The molecular weight excluding hydrogens is 252 g/mol. The topological polar surface area (TPSA) is 49.7 Å². The zero-order valence-electron chi connectivity index (χ0n) is 10.3. The summed E-state index contributed by atoms with van der Waals surface area (Å²) in [6, 6.07) is 7.37. The van der Waals surface area contributed by atoms with Crippen LogP contribution in [0.2, 0.25) is 5.02 Å². The lowest BCUT2D eigenvalue weighted by atomic mass is 9.77. The van der Waals surface area contributed by atoms with Crippen LogP contribution in [-0.2, 0) is 10.2 Å². The Bertz CT molecular complexity index is 384. The number of hydrogen-bond acceptors (Lipinski definition) is 3. The second-order valence-electron chi connectivity index (χ2n) is 4.92. The van der Waals surface area contributed by atoms with E-state index in [9.17, 15) is 10.2 Å². The summed E-state index contributed by atoms with van der Waals surface area (Å²) < 4.78 is 5.61. The number of rotatable bonds is 5. The molecule has 0 bridgehead atoms. The molecule has 1 heterocycles. The highest BCUT2D eigenvalue weighted by Crippen LogP contribution is 2.36.